The van der Waals surface area contributed by atoms with Gasteiger partial charge < -0.3 is 15.2 Å². The predicted molar refractivity (Wildman–Crippen MR) is 111 cm³/mol. The molecule has 0 bridgehead atoms. The van der Waals surface area contributed by atoms with Gasteiger partial charge in [-0.15, -0.1) is 0 Å². The van der Waals surface area contributed by atoms with Gasteiger partial charge in [0.15, 0.2) is 0 Å². The van der Waals surface area contributed by atoms with Crippen LogP contribution in [0.5, 0.6) is 0 Å². The number of carbonyl (C=O) groups is 1. The third kappa shape index (κ3) is 4.42. The molecule has 1 amide bonds. The lowest BCUT2D eigenvalue weighted by atomic mass is 9.91. The Morgan fingerprint density at radius 2 is 1.83 bits per heavy atom. The minimum Gasteiger partial charge on any atom is -0.338 e. The van der Waals surface area contributed by atoms with E-state index in [1.165, 1.54) is 17.7 Å². The van der Waals surface area contributed by atoms with E-state index in [1.807, 2.05) is 43.5 Å². The Hall–Kier alpha value is -2.47. The molecule has 6 heteroatoms. The highest BCUT2D eigenvalue weighted by Gasteiger charge is 2.32. The van der Waals surface area contributed by atoms with Crippen molar-refractivity contribution in [1.29, 1.82) is 0 Å². The molecule has 2 N–H and O–H groups in total. The highest BCUT2D eigenvalue weighted by molar-refractivity contribution is 5.83. The normalized spacial score (nSPS) is 21.2. The first-order chi connectivity index (χ1) is 13.9. The molecular formula is C23H28FN3O2. The van der Waals surface area contributed by atoms with E-state index < -0.39 is 12.2 Å². The summed E-state index contributed by atoms with van der Waals surface area (Å²) in [6, 6.07) is 10.7. The number of amides is 1. The average molecular weight is 397 g/mol. The maximum Gasteiger partial charge on any atom is 0.250 e. The van der Waals surface area contributed by atoms with Crippen molar-refractivity contribution in [2.45, 2.75) is 50.9 Å². The number of hydrogen-bond donors (Lipinski definition) is 1. The summed E-state index contributed by atoms with van der Waals surface area (Å²) < 4.78 is 15.2. The van der Waals surface area contributed by atoms with Crippen LogP contribution in [-0.4, -0.2) is 40.7 Å². The lowest BCUT2D eigenvalue weighted by Crippen LogP contribution is -2.45. The highest BCUT2D eigenvalue weighted by Crippen LogP contribution is 2.31. The van der Waals surface area contributed by atoms with Crippen LogP contribution in [0.25, 0.3) is 11.1 Å². The van der Waals surface area contributed by atoms with Crippen molar-refractivity contribution in [2.24, 2.45) is 11.7 Å². The predicted octanol–water partition coefficient (Wildman–Crippen LogP) is 2.93. The molecule has 1 aromatic heterocycles. The Labute approximate surface area is 170 Å². The van der Waals surface area contributed by atoms with Gasteiger partial charge in [0.05, 0.1) is 12.6 Å². The van der Waals surface area contributed by atoms with Crippen LogP contribution in [0, 0.1) is 5.92 Å². The van der Waals surface area contributed by atoms with Gasteiger partial charge in [-0.05, 0) is 47.9 Å². The van der Waals surface area contributed by atoms with Crippen LogP contribution in [0.3, 0.4) is 0 Å². The van der Waals surface area contributed by atoms with E-state index in [9.17, 15) is 14.0 Å². The highest BCUT2D eigenvalue weighted by atomic mass is 19.1. The quantitative estimate of drug-likeness (QED) is 0.815. The van der Waals surface area contributed by atoms with Crippen molar-refractivity contribution in [2.75, 3.05) is 13.1 Å². The minimum atomic E-state index is -0.941. The maximum atomic E-state index is 13.4. The van der Waals surface area contributed by atoms with Crippen LogP contribution in [0.1, 0.15) is 37.7 Å². The molecule has 2 heterocycles. The average Bonchev–Trinajstić information content (AvgIpc) is 3.45. The van der Waals surface area contributed by atoms with Crippen molar-refractivity contribution >= 4 is 5.91 Å². The minimum absolute atomic E-state index is 0.0350. The van der Waals surface area contributed by atoms with Crippen molar-refractivity contribution < 1.29 is 9.18 Å². The molecule has 2 fully saturated rings. The van der Waals surface area contributed by atoms with E-state index in [0.717, 1.165) is 23.2 Å². The molecule has 1 aromatic carbocycles. The number of pyridine rings is 1. The zero-order valence-electron chi connectivity index (χ0n) is 16.8. The Bertz CT molecular complexity index is 936. The standard InChI is InChI=1S/C23H28FN3O2/c1-15(22(25)23(29)26-11-10-20(24)14-26)17-4-6-18(7-5-17)19-8-9-21(28)27(13-19)12-16-2-3-16/h4-9,13,15-16,20,22H,2-3,10-12,14,25H2,1H3/t15-,20-,22-/m0/s1. The molecule has 1 saturated carbocycles. The zero-order valence-corrected chi connectivity index (χ0v) is 16.8. The number of aromatic nitrogens is 1. The molecule has 1 aliphatic heterocycles. The molecule has 0 unspecified atom stereocenters. The molecule has 1 saturated heterocycles. The Morgan fingerprint density at radius 1 is 1.14 bits per heavy atom. The van der Waals surface area contributed by atoms with Crippen LogP contribution in [-0.2, 0) is 11.3 Å². The molecule has 29 heavy (non-hydrogen) atoms. The molecule has 2 aromatic rings. The fourth-order valence-corrected chi connectivity index (χ4v) is 3.95. The summed E-state index contributed by atoms with van der Waals surface area (Å²) >= 11 is 0. The molecule has 3 atom stereocenters. The van der Waals surface area contributed by atoms with Crippen molar-refractivity contribution in [1.82, 2.24) is 9.47 Å². The van der Waals surface area contributed by atoms with Gasteiger partial charge in [-0.2, -0.15) is 0 Å². The lowest BCUT2D eigenvalue weighted by molar-refractivity contribution is -0.132. The van der Waals surface area contributed by atoms with Gasteiger partial charge >= 0.3 is 0 Å². The van der Waals surface area contributed by atoms with E-state index in [2.05, 4.69) is 0 Å². The maximum absolute atomic E-state index is 13.4. The van der Waals surface area contributed by atoms with Gasteiger partial charge in [0.1, 0.15) is 6.17 Å². The number of nitrogens with two attached hydrogens (primary N) is 1. The van der Waals surface area contributed by atoms with Crippen molar-refractivity contribution in [3.05, 3.63) is 58.5 Å². The summed E-state index contributed by atoms with van der Waals surface area (Å²) in [6.45, 7) is 3.30. The second kappa shape index (κ2) is 8.11. The largest absolute Gasteiger partial charge is 0.338 e. The van der Waals surface area contributed by atoms with Gasteiger partial charge in [-0.25, -0.2) is 4.39 Å². The Kier molecular flexibility index (Phi) is 5.54. The van der Waals surface area contributed by atoms with Gasteiger partial charge in [-0.3, -0.25) is 9.59 Å². The second-order valence-corrected chi connectivity index (χ2v) is 8.46. The van der Waals surface area contributed by atoms with Crippen LogP contribution < -0.4 is 11.3 Å². The van der Waals surface area contributed by atoms with Crippen LogP contribution >= 0.6 is 0 Å². The van der Waals surface area contributed by atoms with Crippen LogP contribution in [0.15, 0.2) is 47.4 Å². The molecule has 0 radical (unpaired) electrons. The fraction of sp³-hybridized carbons (Fsp3) is 0.478. The van der Waals surface area contributed by atoms with Gasteiger partial charge in [-0.1, -0.05) is 31.2 Å². The summed E-state index contributed by atoms with van der Waals surface area (Å²) in [5.74, 6) is 0.279. The number of nitrogens with zero attached hydrogens (tertiary/aromatic N) is 2. The van der Waals surface area contributed by atoms with Gasteiger partial charge in [0, 0.05) is 31.3 Å². The zero-order chi connectivity index (χ0) is 20.5. The first kappa shape index (κ1) is 19.8. The number of hydrogen-bond acceptors (Lipinski definition) is 3. The fourth-order valence-electron chi connectivity index (χ4n) is 3.95. The summed E-state index contributed by atoms with van der Waals surface area (Å²) in [5.41, 5.74) is 9.22. The number of alkyl halides is 1. The van der Waals surface area contributed by atoms with Crippen molar-refractivity contribution in [3.8, 4) is 11.1 Å². The summed E-state index contributed by atoms with van der Waals surface area (Å²) in [6.07, 6.45) is 3.78. The SMILES string of the molecule is C[C@@H](c1ccc(-c2ccc(=O)n(CC3CC3)c2)cc1)[C@H](N)C(=O)N1CC[C@H](F)C1. The van der Waals surface area contributed by atoms with Gasteiger partial charge in [0.25, 0.3) is 5.56 Å². The van der Waals surface area contributed by atoms with Crippen LogP contribution in [0.4, 0.5) is 4.39 Å². The second-order valence-electron chi connectivity index (χ2n) is 8.46. The molecule has 2 aliphatic rings. The topological polar surface area (TPSA) is 68.3 Å². The van der Waals surface area contributed by atoms with E-state index in [0.29, 0.717) is 18.9 Å². The molecule has 4 rings (SSSR count). The molecule has 5 nitrogen and oxygen atoms in total. The number of carbonyl (C=O) groups excluding carboxylic acids is 1. The monoisotopic (exact) mass is 397 g/mol. The summed E-state index contributed by atoms with van der Waals surface area (Å²) in [5, 5.41) is 0. The Morgan fingerprint density at radius 3 is 2.45 bits per heavy atom. The summed E-state index contributed by atoms with van der Waals surface area (Å²) in [7, 11) is 0. The summed E-state index contributed by atoms with van der Waals surface area (Å²) in [4.78, 5) is 26.2. The molecule has 154 valence electrons. The number of rotatable bonds is 6. The first-order valence-corrected chi connectivity index (χ1v) is 10.4. The van der Waals surface area contributed by atoms with E-state index in [1.54, 1.807) is 10.6 Å². The van der Waals surface area contributed by atoms with Crippen molar-refractivity contribution in [3.63, 3.8) is 0 Å². The third-order valence-corrected chi connectivity index (χ3v) is 6.17. The van der Waals surface area contributed by atoms with Gasteiger partial charge in [0.2, 0.25) is 5.91 Å². The van der Waals surface area contributed by atoms with E-state index in [-0.39, 0.29) is 23.9 Å². The Balaban J connectivity index is 1.47. The number of halogens is 1. The molecule has 0 spiro atoms. The van der Waals surface area contributed by atoms with E-state index >= 15 is 0 Å². The molecule has 1 aliphatic carbocycles. The molecular weight excluding hydrogens is 369 g/mol. The number of benzene rings is 1. The number of likely N-dealkylation sites (tertiary alicyclic amines) is 1. The first-order valence-electron chi connectivity index (χ1n) is 10.4. The third-order valence-electron chi connectivity index (χ3n) is 6.17. The van der Waals surface area contributed by atoms with Crippen LogP contribution in [0.2, 0.25) is 0 Å². The smallest absolute Gasteiger partial charge is 0.250 e. The van der Waals surface area contributed by atoms with E-state index in [4.69, 9.17) is 5.73 Å². The lowest BCUT2D eigenvalue weighted by Gasteiger charge is -2.25.